The fourth-order valence-electron chi connectivity index (χ4n) is 0.977. The molecule has 2 aromatic heterocycles. The van der Waals surface area contributed by atoms with Gasteiger partial charge in [-0.25, -0.2) is 0 Å². The lowest BCUT2D eigenvalue weighted by molar-refractivity contribution is 1.00. The number of halogens is 1. The Morgan fingerprint density at radius 3 is 2.93 bits per heavy atom. The summed E-state index contributed by atoms with van der Waals surface area (Å²) < 4.78 is 0. The third kappa shape index (κ3) is 2.20. The Morgan fingerprint density at radius 1 is 1.36 bits per heavy atom. The highest BCUT2D eigenvalue weighted by molar-refractivity contribution is 6.29. The lowest BCUT2D eigenvalue weighted by Crippen LogP contribution is -2.01. The molecule has 2 N–H and O–H groups in total. The van der Waals surface area contributed by atoms with Gasteiger partial charge in [0.1, 0.15) is 5.82 Å². The fraction of sp³-hybridized carbons (Fsp3) is 0.125. The van der Waals surface area contributed by atoms with E-state index in [1.165, 1.54) is 0 Å². The van der Waals surface area contributed by atoms with Crippen LogP contribution >= 0.6 is 11.6 Å². The number of H-pyrrole nitrogens is 1. The van der Waals surface area contributed by atoms with Crippen LogP contribution in [0.15, 0.2) is 24.5 Å². The molecule has 0 amide bonds. The topological polar surface area (TPSA) is 66.5 Å². The Hall–Kier alpha value is -1.62. The van der Waals surface area contributed by atoms with Crippen molar-refractivity contribution in [3.8, 4) is 0 Å². The third-order valence-corrected chi connectivity index (χ3v) is 1.86. The van der Waals surface area contributed by atoms with Gasteiger partial charge in [0.05, 0.1) is 6.20 Å². The van der Waals surface area contributed by atoms with E-state index in [0.29, 0.717) is 17.5 Å². The van der Waals surface area contributed by atoms with Crippen molar-refractivity contribution in [2.75, 3.05) is 5.32 Å². The van der Waals surface area contributed by atoms with Crippen molar-refractivity contribution in [2.45, 2.75) is 6.54 Å². The molecule has 2 rings (SSSR count). The molecule has 0 saturated heterocycles. The van der Waals surface area contributed by atoms with E-state index in [4.69, 9.17) is 11.6 Å². The van der Waals surface area contributed by atoms with Crippen LogP contribution in [0.3, 0.4) is 0 Å². The first-order chi connectivity index (χ1) is 6.84. The Bertz CT molecular complexity index is 383. The van der Waals surface area contributed by atoms with Gasteiger partial charge in [0.15, 0.2) is 5.15 Å². The standard InChI is InChI=1S/C8H8ClN5/c9-7-1-2-8(14-13-7)10-3-6-4-11-12-5-6/h1-2,4-5H,3H2,(H,10,14)(H,11,12). The number of nitrogens with zero attached hydrogens (tertiary/aromatic N) is 3. The molecule has 0 aliphatic heterocycles. The number of anilines is 1. The molecule has 0 spiro atoms. The van der Waals surface area contributed by atoms with Gasteiger partial charge in [-0.2, -0.15) is 5.10 Å². The van der Waals surface area contributed by atoms with Crippen LogP contribution in [0.25, 0.3) is 0 Å². The van der Waals surface area contributed by atoms with Crippen molar-refractivity contribution >= 4 is 17.4 Å². The molecule has 0 aliphatic rings. The van der Waals surface area contributed by atoms with Gasteiger partial charge in [0.2, 0.25) is 0 Å². The molecule has 2 heterocycles. The quantitative estimate of drug-likeness (QED) is 0.804. The predicted molar refractivity (Wildman–Crippen MR) is 53.0 cm³/mol. The summed E-state index contributed by atoms with van der Waals surface area (Å²) in [6.45, 7) is 0.660. The van der Waals surface area contributed by atoms with Crippen LogP contribution in [0.4, 0.5) is 5.82 Å². The molecule has 6 heteroatoms. The highest BCUT2D eigenvalue weighted by Gasteiger charge is 1.96. The molecule has 0 bridgehead atoms. The smallest absolute Gasteiger partial charge is 0.151 e. The zero-order chi connectivity index (χ0) is 9.80. The molecule has 14 heavy (non-hydrogen) atoms. The maximum atomic E-state index is 5.59. The summed E-state index contributed by atoms with van der Waals surface area (Å²) in [5.74, 6) is 0.690. The monoisotopic (exact) mass is 209 g/mol. The molecular weight excluding hydrogens is 202 g/mol. The van der Waals surface area contributed by atoms with Crippen LogP contribution in [0.5, 0.6) is 0 Å². The van der Waals surface area contributed by atoms with Crippen LogP contribution in [-0.2, 0) is 6.54 Å². The number of aromatic nitrogens is 4. The molecular formula is C8H8ClN5. The summed E-state index contributed by atoms with van der Waals surface area (Å²) in [5, 5.41) is 17.6. The van der Waals surface area contributed by atoms with Crippen molar-refractivity contribution in [3.05, 3.63) is 35.2 Å². The van der Waals surface area contributed by atoms with Gasteiger partial charge in [0.25, 0.3) is 0 Å². The molecule has 72 valence electrons. The van der Waals surface area contributed by atoms with E-state index in [1.54, 1.807) is 18.3 Å². The van der Waals surface area contributed by atoms with E-state index in [1.807, 2.05) is 6.20 Å². The van der Waals surface area contributed by atoms with Gasteiger partial charge in [-0.1, -0.05) is 11.6 Å². The van der Waals surface area contributed by atoms with Crippen LogP contribution in [0.2, 0.25) is 5.15 Å². The molecule has 0 aromatic carbocycles. The van der Waals surface area contributed by atoms with E-state index < -0.39 is 0 Å². The summed E-state index contributed by atoms with van der Waals surface area (Å²) >= 11 is 5.59. The number of nitrogens with one attached hydrogen (secondary N) is 2. The van der Waals surface area contributed by atoms with E-state index in [0.717, 1.165) is 5.56 Å². The van der Waals surface area contributed by atoms with Crippen molar-refractivity contribution in [1.29, 1.82) is 0 Å². The lowest BCUT2D eigenvalue weighted by atomic mass is 10.3. The van der Waals surface area contributed by atoms with Gasteiger partial charge in [-0.05, 0) is 12.1 Å². The van der Waals surface area contributed by atoms with Gasteiger partial charge < -0.3 is 5.32 Å². The van der Waals surface area contributed by atoms with Crippen molar-refractivity contribution in [2.24, 2.45) is 0 Å². The second-order valence-electron chi connectivity index (χ2n) is 2.70. The second-order valence-corrected chi connectivity index (χ2v) is 3.09. The summed E-state index contributed by atoms with van der Waals surface area (Å²) in [7, 11) is 0. The van der Waals surface area contributed by atoms with Gasteiger partial charge >= 0.3 is 0 Å². The Kier molecular flexibility index (Phi) is 2.60. The van der Waals surface area contributed by atoms with Crippen LogP contribution < -0.4 is 5.32 Å². The van der Waals surface area contributed by atoms with Crippen LogP contribution in [0, 0.1) is 0 Å². The van der Waals surface area contributed by atoms with Gasteiger partial charge in [0, 0.05) is 18.3 Å². The zero-order valence-corrected chi connectivity index (χ0v) is 7.99. The van der Waals surface area contributed by atoms with Crippen molar-refractivity contribution in [1.82, 2.24) is 20.4 Å². The first kappa shape index (κ1) is 8.96. The first-order valence-electron chi connectivity index (χ1n) is 4.05. The second kappa shape index (κ2) is 4.06. The molecule has 0 aliphatic carbocycles. The maximum absolute atomic E-state index is 5.59. The molecule has 0 atom stereocenters. The number of hydrogen-bond donors (Lipinski definition) is 2. The minimum Gasteiger partial charge on any atom is -0.364 e. The number of hydrogen-bond acceptors (Lipinski definition) is 4. The predicted octanol–water partition coefficient (Wildman–Crippen LogP) is 1.47. The maximum Gasteiger partial charge on any atom is 0.151 e. The fourth-order valence-corrected chi connectivity index (χ4v) is 1.08. The van der Waals surface area contributed by atoms with E-state index in [9.17, 15) is 0 Å². The van der Waals surface area contributed by atoms with E-state index in [2.05, 4.69) is 25.7 Å². The molecule has 5 nitrogen and oxygen atoms in total. The first-order valence-corrected chi connectivity index (χ1v) is 4.43. The zero-order valence-electron chi connectivity index (χ0n) is 7.24. The van der Waals surface area contributed by atoms with Crippen molar-refractivity contribution in [3.63, 3.8) is 0 Å². The normalized spacial score (nSPS) is 10.1. The molecule has 0 fully saturated rings. The average Bonchev–Trinajstić information content (AvgIpc) is 2.70. The van der Waals surface area contributed by atoms with Crippen LogP contribution in [-0.4, -0.2) is 20.4 Å². The molecule has 0 radical (unpaired) electrons. The summed E-state index contributed by atoms with van der Waals surface area (Å²) in [4.78, 5) is 0. The van der Waals surface area contributed by atoms with Crippen LogP contribution in [0.1, 0.15) is 5.56 Å². The molecule has 2 aromatic rings. The van der Waals surface area contributed by atoms with Gasteiger partial charge in [-0.3, -0.25) is 5.10 Å². The lowest BCUT2D eigenvalue weighted by Gasteiger charge is -2.01. The molecule has 0 unspecified atom stereocenters. The average molecular weight is 210 g/mol. The number of aromatic amines is 1. The highest BCUT2D eigenvalue weighted by Crippen LogP contribution is 2.07. The van der Waals surface area contributed by atoms with E-state index in [-0.39, 0.29) is 0 Å². The molecule has 0 saturated carbocycles. The Labute approximate surface area is 85.5 Å². The third-order valence-electron chi connectivity index (χ3n) is 1.66. The minimum atomic E-state index is 0.388. The Balaban J connectivity index is 1.95. The summed E-state index contributed by atoms with van der Waals surface area (Å²) in [6.07, 6.45) is 3.56. The highest BCUT2D eigenvalue weighted by atomic mass is 35.5. The van der Waals surface area contributed by atoms with Gasteiger partial charge in [-0.15, -0.1) is 10.2 Å². The summed E-state index contributed by atoms with van der Waals surface area (Å²) in [6, 6.07) is 3.46. The van der Waals surface area contributed by atoms with Crippen molar-refractivity contribution < 1.29 is 0 Å². The van der Waals surface area contributed by atoms with E-state index >= 15 is 0 Å². The summed E-state index contributed by atoms with van der Waals surface area (Å²) in [5.41, 5.74) is 1.06. The largest absolute Gasteiger partial charge is 0.364 e. The SMILES string of the molecule is Clc1ccc(NCc2cn[nH]c2)nn1. The Morgan fingerprint density at radius 2 is 2.29 bits per heavy atom. The number of rotatable bonds is 3. The minimum absolute atomic E-state index is 0.388.